The molecule has 0 bridgehead atoms. The van der Waals surface area contributed by atoms with E-state index in [-0.39, 0.29) is 28.5 Å². The first kappa shape index (κ1) is 14.2. The van der Waals surface area contributed by atoms with Gasteiger partial charge < -0.3 is 10.1 Å². The highest BCUT2D eigenvalue weighted by molar-refractivity contribution is 7.99. The van der Waals surface area contributed by atoms with E-state index in [2.05, 4.69) is 10.3 Å². The molecule has 1 saturated heterocycles. The third kappa shape index (κ3) is 4.14. The van der Waals surface area contributed by atoms with E-state index in [9.17, 15) is 13.6 Å². The molecule has 1 aromatic heterocycles. The first-order valence-electron chi connectivity index (χ1n) is 5.96. The van der Waals surface area contributed by atoms with Gasteiger partial charge in [0.25, 0.3) is 11.7 Å². The van der Waals surface area contributed by atoms with Crippen molar-refractivity contribution >= 4 is 17.7 Å². The molecule has 2 heterocycles. The standard InChI is InChI=1S/C12H14F2N2O2S/c13-12(14)19-11-9(4-1-5-15-11)10(17)16-7-8-3-2-6-18-8/h1,4-5,8,12H,2-3,6-7H2,(H,16,17). The Balaban J connectivity index is 1.97. The van der Waals surface area contributed by atoms with E-state index in [4.69, 9.17) is 4.74 Å². The molecule has 0 aromatic carbocycles. The largest absolute Gasteiger partial charge is 0.376 e. The molecule has 1 unspecified atom stereocenters. The van der Waals surface area contributed by atoms with E-state index in [0.717, 1.165) is 12.8 Å². The van der Waals surface area contributed by atoms with Crippen LogP contribution in [0.15, 0.2) is 23.4 Å². The zero-order valence-electron chi connectivity index (χ0n) is 10.1. The van der Waals surface area contributed by atoms with Gasteiger partial charge in [0, 0.05) is 19.3 Å². The second-order valence-electron chi connectivity index (χ2n) is 4.08. The minimum atomic E-state index is -2.60. The van der Waals surface area contributed by atoms with E-state index >= 15 is 0 Å². The fourth-order valence-electron chi connectivity index (χ4n) is 1.85. The Kier molecular flexibility index (Phi) is 5.09. The molecule has 0 saturated carbocycles. The Hall–Kier alpha value is -1.21. The number of halogens is 2. The van der Waals surface area contributed by atoms with Crippen LogP contribution in [0, 0.1) is 0 Å². The number of rotatable bonds is 5. The molecule has 1 atom stereocenters. The van der Waals surface area contributed by atoms with Gasteiger partial charge >= 0.3 is 0 Å². The summed E-state index contributed by atoms with van der Waals surface area (Å²) in [4.78, 5) is 15.7. The Morgan fingerprint density at radius 1 is 1.63 bits per heavy atom. The number of hydrogen-bond donors (Lipinski definition) is 1. The molecule has 0 aliphatic carbocycles. The number of pyridine rings is 1. The third-order valence-electron chi connectivity index (χ3n) is 2.73. The van der Waals surface area contributed by atoms with Gasteiger partial charge in [-0.2, -0.15) is 8.78 Å². The van der Waals surface area contributed by atoms with Crippen LogP contribution in [-0.4, -0.2) is 35.9 Å². The summed E-state index contributed by atoms with van der Waals surface area (Å²) in [5.41, 5.74) is 0.172. The molecule has 1 aliphatic heterocycles. The number of carbonyl (C=O) groups is 1. The molecule has 4 nitrogen and oxygen atoms in total. The number of aromatic nitrogens is 1. The predicted molar refractivity (Wildman–Crippen MR) is 67.4 cm³/mol. The van der Waals surface area contributed by atoms with Crippen LogP contribution in [0.2, 0.25) is 0 Å². The van der Waals surface area contributed by atoms with Gasteiger partial charge in [0.2, 0.25) is 0 Å². The Bertz CT molecular complexity index is 439. The van der Waals surface area contributed by atoms with E-state index in [1.165, 1.54) is 12.3 Å². The highest BCUT2D eigenvalue weighted by Crippen LogP contribution is 2.26. The van der Waals surface area contributed by atoms with Crippen molar-refractivity contribution in [3.63, 3.8) is 0 Å². The van der Waals surface area contributed by atoms with Gasteiger partial charge in [0.1, 0.15) is 5.03 Å². The number of amides is 1. The summed E-state index contributed by atoms with van der Waals surface area (Å²) in [6.07, 6.45) is 3.31. The number of nitrogens with zero attached hydrogens (tertiary/aromatic N) is 1. The van der Waals surface area contributed by atoms with Gasteiger partial charge in [-0.15, -0.1) is 0 Å². The lowest BCUT2D eigenvalue weighted by molar-refractivity contribution is 0.0854. The molecular formula is C12H14F2N2O2S. The monoisotopic (exact) mass is 288 g/mol. The van der Waals surface area contributed by atoms with Gasteiger partial charge in [-0.05, 0) is 36.7 Å². The molecule has 19 heavy (non-hydrogen) atoms. The summed E-state index contributed by atoms with van der Waals surface area (Å²) >= 11 is 0.275. The van der Waals surface area contributed by atoms with E-state index in [1.54, 1.807) is 6.07 Å². The first-order valence-corrected chi connectivity index (χ1v) is 6.84. The lowest BCUT2D eigenvalue weighted by Crippen LogP contribution is -2.32. The van der Waals surface area contributed by atoms with Crippen molar-refractivity contribution in [1.82, 2.24) is 10.3 Å². The van der Waals surface area contributed by atoms with Crippen LogP contribution in [0.3, 0.4) is 0 Å². The number of ether oxygens (including phenoxy) is 1. The molecule has 1 amide bonds. The number of nitrogens with one attached hydrogen (secondary N) is 1. The summed E-state index contributed by atoms with van der Waals surface area (Å²) in [5.74, 6) is -2.99. The van der Waals surface area contributed by atoms with Crippen molar-refractivity contribution in [2.75, 3.05) is 13.2 Å². The molecule has 1 fully saturated rings. The van der Waals surface area contributed by atoms with Crippen LogP contribution in [-0.2, 0) is 4.74 Å². The Morgan fingerprint density at radius 2 is 2.47 bits per heavy atom. The summed E-state index contributed by atoms with van der Waals surface area (Å²) in [6, 6.07) is 3.04. The average Bonchev–Trinajstić information content (AvgIpc) is 2.89. The zero-order chi connectivity index (χ0) is 13.7. The molecule has 1 N–H and O–H groups in total. The van der Waals surface area contributed by atoms with Gasteiger partial charge in [0.05, 0.1) is 11.7 Å². The van der Waals surface area contributed by atoms with Gasteiger partial charge in [-0.25, -0.2) is 4.98 Å². The smallest absolute Gasteiger partial charge is 0.290 e. The summed E-state index contributed by atoms with van der Waals surface area (Å²) in [5, 5.41) is 2.74. The summed E-state index contributed by atoms with van der Waals surface area (Å²) in [7, 11) is 0. The maximum absolute atomic E-state index is 12.4. The van der Waals surface area contributed by atoms with E-state index in [0.29, 0.717) is 13.2 Å². The minimum Gasteiger partial charge on any atom is -0.376 e. The molecule has 0 radical (unpaired) electrons. The topological polar surface area (TPSA) is 51.2 Å². The average molecular weight is 288 g/mol. The van der Waals surface area contributed by atoms with Crippen molar-refractivity contribution in [3.05, 3.63) is 23.9 Å². The normalized spacial score (nSPS) is 18.8. The maximum atomic E-state index is 12.4. The van der Waals surface area contributed by atoms with E-state index in [1.807, 2.05) is 0 Å². The quantitative estimate of drug-likeness (QED) is 0.845. The fraction of sp³-hybridized carbons (Fsp3) is 0.500. The molecule has 2 rings (SSSR count). The number of thioether (sulfide) groups is 1. The number of alkyl halides is 2. The predicted octanol–water partition coefficient (Wildman–Crippen LogP) is 2.31. The highest BCUT2D eigenvalue weighted by atomic mass is 32.2. The van der Waals surface area contributed by atoms with Crippen molar-refractivity contribution in [2.45, 2.75) is 29.7 Å². The van der Waals surface area contributed by atoms with Crippen molar-refractivity contribution in [1.29, 1.82) is 0 Å². The zero-order valence-corrected chi connectivity index (χ0v) is 11.0. The second kappa shape index (κ2) is 6.81. The molecule has 1 aromatic rings. The first-order chi connectivity index (χ1) is 9.16. The van der Waals surface area contributed by atoms with Crippen LogP contribution < -0.4 is 5.32 Å². The highest BCUT2D eigenvalue weighted by Gasteiger charge is 2.19. The molecular weight excluding hydrogens is 274 g/mol. The molecule has 1 aliphatic rings. The maximum Gasteiger partial charge on any atom is 0.290 e. The fourth-order valence-corrected chi connectivity index (χ4v) is 2.43. The Morgan fingerprint density at radius 3 is 3.16 bits per heavy atom. The minimum absolute atomic E-state index is 0.0202. The number of hydrogen-bond acceptors (Lipinski definition) is 4. The number of carbonyl (C=O) groups excluding carboxylic acids is 1. The van der Waals surface area contributed by atoms with Gasteiger partial charge in [0.15, 0.2) is 0 Å². The summed E-state index contributed by atoms with van der Waals surface area (Å²) < 4.78 is 30.1. The SMILES string of the molecule is O=C(NCC1CCCO1)c1cccnc1SC(F)F. The van der Waals surface area contributed by atoms with Gasteiger partial charge in [-0.1, -0.05) is 0 Å². The molecule has 104 valence electrons. The Labute approximate surface area is 113 Å². The van der Waals surface area contributed by atoms with Crippen molar-refractivity contribution in [2.24, 2.45) is 0 Å². The van der Waals surface area contributed by atoms with Crippen molar-refractivity contribution in [3.8, 4) is 0 Å². The van der Waals surface area contributed by atoms with Crippen LogP contribution in [0.25, 0.3) is 0 Å². The summed E-state index contributed by atoms with van der Waals surface area (Å²) in [6.45, 7) is 1.10. The second-order valence-corrected chi connectivity index (χ2v) is 5.06. The molecule has 0 spiro atoms. The lowest BCUT2D eigenvalue weighted by atomic mass is 10.2. The van der Waals surface area contributed by atoms with Crippen LogP contribution >= 0.6 is 11.8 Å². The van der Waals surface area contributed by atoms with Crippen LogP contribution in [0.5, 0.6) is 0 Å². The van der Waals surface area contributed by atoms with Gasteiger partial charge in [-0.3, -0.25) is 4.79 Å². The molecule has 7 heteroatoms. The van der Waals surface area contributed by atoms with Crippen molar-refractivity contribution < 1.29 is 18.3 Å². The lowest BCUT2D eigenvalue weighted by Gasteiger charge is -2.12. The van der Waals surface area contributed by atoms with Crippen LogP contribution in [0.4, 0.5) is 8.78 Å². The third-order valence-corrected chi connectivity index (χ3v) is 3.46. The van der Waals surface area contributed by atoms with Crippen LogP contribution in [0.1, 0.15) is 23.2 Å². The van der Waals surface area contributed by atoms with E-state index < -0.39 is 11.7 Å².